The van der Waals surface area contributed by atoms with Crippen LogP contribution < -0.4 is 14.2 Å². The van der Waals surface area contributed by atoms with Crippen LogP contribution in [0.4, 0.5) is 0 Å². The first-order chi connectivity index (χ1) is 20.5. The Bertz CT molecular complexity index is 1420. The molecular weight excluding hydrogens is 635 g/mol. The van der Waals surface area contributed by atoms with E-state index in [0.29, 0.717) is 51.3 Å². The lowest BCUT2D eigenvalue weighted by molar-refractivity contribution is 0.306. The molecule has 0 fully saturated rings. The Labute approximate surface area is 264 Å². The van der Waals surface area contributed by atoms with Gasteiger partial charge >= 0.3 is 0 Å². The maximum Gasteiger partial charge on any atom is 0.126 e. The van der Waals surface area contributed by atoms with Gasteiger partial charge in [0.05, 0.1) is 19.8 Å². The van der Waals surface area contributed by atoms with E-state index in [4.69, 9.17) is 14.2 Å². The number of phenolic OH excluding ortho intramolecular Hbond substituents is 1. The second-order valence-corrected chi connectivity index (χ2v) is 12.3. The van der Waals surface area contributed by atoms with Gasteiger partial charge < -0.3 is 19.3 Å². The van der Waals surface area contributed by atoms with Gasteiger partial charge in [-0.15, -0.1) is 0 Å². The van der Waals surface area contributed by atoms with E-state index in [9.17, 15) is 5.11 Å². The molecule has 5 heteroatoms. The van der Waals surface area contributed by atoms with E-state index in [1.54, 1.807) is 0 Å². The van der Waals surface area contributed by atoms with E-state index in [2.05, 4.69) is 110 Å². The third-order valence-corrected chi connectivity index (χ3v) is 8.26. The number of ether oxygens (including phenoxy) is 3. The van der Waals surface area contributed by atoms with E-state index in [1.807, 2.05) is 0 Å². The van der Waals surface area contributed by atoms with Gasteiger partial charge in [-0.3, -0.25) is 0 Å². The minimum absolute atomic E-state index is 0.349. The molecule has 4 nitrogen and oxygen atoms in total. The molecule has 5 rings (SSSR count). The Morgan fingerprint density at radius 1 is 0.524 bits per heavy atom. The van der Waals surface area contributed by atoms with Gasteiger partial charge in [-0.1, -0.05) is 75.4 Å². The zero-order chi connectivity index (χ0) is 29.5. The Kier molecular flexibility index (Phi) is 10.3. The van der Waals surface area contributed by atoms with Gasteiger partial charge in [-0.05, 0) is 98.5 Å². The average molecular weight is 677 g/mol. The highest BCUT2D eigenvalue weighted by atomic mass is 127. The summed E-state index contributed by atoms with van der Waals surface area (Å²) in [5, 5.41) is 11.6. The molecule has 1 aliphatic rings. The number of hydrogen-bond acceptors (Lipinski definition) is 4. The van der Waals surface area contributed by atoms with Crippen LogP contribution in [0.5, 0.6) is 23.0 Å². The largest absolute Gasteiger partial charge is 0.507 e. The third kappa shape index (κ3) is 6.88. The molecule has 0 saturated heterocycles. The fourth-order valence-corrected chi connectivity index (χ4v) is 6.48. The van der Waals surface area contributed by atoms with Crippen molar-refractivity contribution in [3.05, 3.63) is 115 Å². The van der Waals surface area contributed by atoms with Gasteiger partial charge in [0.15, 0.2) is 0 Å². The van der Waals surface area contributed by atoms with Crippen LogP contribution in [-0.2, 0) is 25.7 Å². The van der Waals surface area contributed by atoms with E-state index in [-0.39, 0.29) is 0 Å². The highest BCUT2D eigenvalue weighted by molar-refractivity contribution is 14.1. The van der Waals surface area contributed by atoms with Gasteiger partial charge in [-0.25, -0.2) is 0 Å². The minimum atomic E-state index is 0.349. The number of para-hydroxylation sites is 3. The van der Waals surface area contributed by atoms with Crippen LogP contribution in [0.15, 0.2) is 66.7 Å². The van der Waals surface area contributed by atoms with Gasteiger partial charge in [0, 0.05) is 29.3 Å². The quantitative estimate of drug-likeness (QED) is 0.158. The number of halogens is 1. The summed E-state index contributed by atoms with van der Waals surface area (Å²) in [7, 11) is 0. The molecule has 0 amide bonds. The predicted octanol–water partition coefficient (Wildman–Crippen LogP) is 9.04. The molecule has 0 saturated carbocycles. The molecular formula is C37H41IO4. The topological polar surface area (TPSA) is 47.9 Å². The van der Waals surface area contributed by atoms with Crippen LogP contribution >= 0.6 is 22.6 Å². The van der Waals surface area contributed by atoms with Crippen molar-refractivity contribution < 1.29 is 19.3 Å². The van der Waals surface area contributed by atoms with Crippen LogP contribution in [0.3, 0.4) is 0 Å². The van der Waals surface area contributed by atoms with Gasteiger partial charge in [0.2, 0.25) is 0 Å². The maximum absolute atomic E-state index is 11.6. The van der Waals surface area contributed by atoms with Crippen molar-refractivity contribution in [3.63, 3.8) is 0 Å². The Morgan fingerprint density at radius 3 is 1.10 bits per heavy atom. The zero-order valence-electron chi connectivity index (χ0n) is 25.0. The first-order valence-corrected chi connectivity index (χ1v) is 16.3. The molecule has 1 N–H and O–H groups in total. The third-order valence-electron chi connectivity index (χ3n) is 7.64. The summed E-state index contributed by atoms with van der Waals surface area (Å²) < 4.78 is 20.5. The number of hydrogen-bond donors (Lipinski definition) is 1. The maximum atomic E-state index is 11.6. The number of rotatable bonds is 9. The number of aromatic hydroxyl groups is 1. The summed E-state index contributed by atoms with van der Waals surface area (Å²) >= 11 is 2.36. The number of fused-ring (bicyclic) bond motifs is 8. The Hall–Kier alpha value is -3.19. The first kappa shape index (κ1) is 30.3. The lowest BCUT2D eigenvalue weighted by Gasteiger charge is -2.22. The van der Waals surface area contributed by atoms with E-state index >= 15 is 0 Å². The SMILES string of the molecule is CCCOc1c2cccc1Cc1cccc(c1OCCC)Cc1cccc(c1OCCC)Cc1cc(I)cc(c1O)C2. The lowest BCUT2D eigenvalue weighted by Crippen LogP contribution is -2.09. The molecule has 0 atom stereocenters. The highest BCUT2D eigenvalue weighted by Crippen LogP contribution is 2.39. The van der Waals surface area contributed by atoms with Crippen LogP contribution in [0.2, 0.25) is 0 Å². The standard InChI is InChI=1S/C37H41IO4/c1-4-16-40-35-25-10-7-11-26(35)20-28-13-9-15-30(37(28)42-18-6-3)22-32-24-33(38)23-31(34(32)39)21-29-14-8-12-27(19-25)36(29)41-17-5-2/h7-15,23-24,39H,4-6,16-22H2,1-3H3. The smallest absolute Gasteiger partial charge is 0.126 e. The van der Waals surface area contributed by atoms with Gasteiger partial charge in [0.25, 0.3) is 0 Å². The van der Waals surface area contributed by atoms with Crippen LogP contribution in [0.25, 0.3) is 0 Å². The lowest BCUT2D eigenvalue weighted by atomic mass is 9.91. The summed E-state index contributed by atoms with van der Waals surface area (Å²) in [6.45, 7) is 8.35. The highest BCUT2D eigenvalue weighted by Gasteiger charge is 2.21. The summed E-state index contributed by atoms with van der Waals surface area (Å²) in [5.74, 6) is 3.14. The summed E-state index contributed by atoms with van der Waals surface area (Å²) in [6, 6.07) is 23.5. The predicted molar refractivity (Wildman–Crippen MR) is 179 cm³/mol. The molecule has 0 unspecified atom stereocenters. The molecule has 42 heavy (non-hydrogen) atoms. The van der Waals surface area contributed by atoms with Crippen molar-refractivity contribution in [1.29, 1.82) is 0 Å². The van der Waals surface area contributed by atoms with Crippen LogP contribution in [0, 0.1) is 3.57 Å². The molecule has 4 aromatic rings. The van der Waals surface area contributed by atoms with Crippen LogP contribution in [-0.4, -0.2) is 24.9 Å². The molecule has 0 aliphatic heterocycles. The molecule has 220 valence electrons. The fourth-order valence-electron chi connectivity index (χ4n) is 5.73. The molecule has 0 spiro atoms. The zero-order valence-corrected chi connectivity index (χ0v) is 27.1. The van der Waals surface area contributed by atoms with E-state index in [0.717, 1.165) is 84.6 Å². The fraction of sp³-hybridized carbons (Fsp3) is 0.351. The van der Waals surface area contributed by atoms with Gasteiger partial charge in [0.1, 0.15) is 23.0 Å². The average Bonchev–Trinajstić information content (AvgIpc) is 2.98. The van der Waals surface area contributed by atoms with Crippen molar-refractivity contribution in [2.75, 3.05) is 19.8 Å². The van der Waals surface area contributed by atoms with Crippen molar-refractivity contribution in [2.45, 2.75) is 65.7 Å². The summed E-state index contributed by atoms with van der Waals surface area (Å²) in [6.07, 6.45) is 5.35. The van der Waals surface area contributed by atoms with Crippen molar-refractivity contribution in [2.24, 2.45) is 0 Å². The molecule has 0 radical (unpaired) electrons. The summed E-state index contributed by atoms with van der Waals surface area (Å²) in [4.78, 5) is 0. The number of benzene rings is 4. The molecule has 0 heterocycles. The summed E-state index contributed by atoms with van der Waals surface area (Å²) in [5.41, 5.74) is 8.54. The molecule has 0 aromatic heterocycles. The van der Waals surface area contributed by atoms with Crippen LogP contribution in [0.1, 0.15) is 84.5 Å². The Balaban J connectivity index is 1.74. The molecule has 1 aliphatic carbocycles. The first-order valence-electron chi connectivity index (χ1n) is 15.2. The molecule has 4 aromatic carbocycles. The Morgan fingerprint density at radius 2 is 0.810 bits per heavy atom. The van der Waals surface area contributed by atoms with Crippen molar-refractivity contribution >= 4 is 22.6 Å². The normalized spacial score (nSPS) is 12.6. The molecule has 8 bridgehead atoms. The number of phenols is 1. The second kappa shape index (κ2) is 14.3. The van der Waals surface area contributed by atoms with Crippen molar-refractivity contribution in [1.82, 2.24) is 0 Å². The van der Waals surface area contributed by atoms with E-state index < -0.39 is 0 Å². The van der Waals surface area contributed by atoms with Crippen molar-refractivity contribution in [3.8, 4) is 23.0 Å². The minimum Gasteiger partial charge on any atom is -0.507 e. The van der Waals surface area contributed by atoms with E-state index in [1.165, 1.54) is 0 Å². The van der Waals surface area contributed by atoms with Gasteiger partial charge in [-0.2, -0.15) is 0 Å². The second-order valence-electron chi connectivity index (χ2n) is 11.0. The monoisotopic (exact) mass is 676 g/mol.